The second kappa shape index (κ2) is 6.25. The molecule has 0 heterocycles. The molecule has 0 bridgehead atoms. The molecule has 0 aliphatic heterocycles. The average Bonchev–Trinajstić information content (AvgIpc) is 2.38. The number of hydrazine groups is 1. The Morgan fingerprint density at radius 1 is 1.11 bits per heavy atom. The molecule has 3 N–H and O–H groups in total. The number of benzene rings is 2. The number of hydrogen-bond acceptors (Lipinski definition) is 2. The first kappa shape index (κ1) is 14.8. The summed E-state index contributed by atoms with van der Waals surface area (Å²) in [5.74, 6) is 3.79. The molecule has 0 aliphatic rings. The van der Waals surface area contributed by atoms with Crippen molar-refractivity contribution >= 4 is 38.5 Å². The highest BCUT2D eigenvalue weighted by molar-refractivity contribution is 14.1. The molecule has 0 saturated heterocycles. The van der Waals surface area contributed by atoms with Crippen molar-refractivity contribution in [2.75, 3.05) is 0 Å². The quantitative estimate of drug-likeness (QED) is 0.433. The number of hydrogen-bond donors (Lipinski definition) is 2. The van der Waals surface area contributed by atoms with Gasteiger partial charge in [-0.2, -0.15) is 0 Å². The topological polar surface area (TPSA) is 38.0 Å². The number of rotatable bonds is 3. The van der Waals surface area contributed by atoms with Crippen LogP contribution in [0, 0.1) is 15.2 Å². The minimum Gasteiger partial charge on any atom is -0.271 e. The Kier molecular flexibility index (Phi) is 4.88. The van der Waals surface area contributed by atoms with E-state index in [1.807, 2.05) is 18.2 Å². The highest BCUT2D eigenvalue weighted by Gasteiger charge is 2.17. The van der Waals surface area contributed by atoms with Crippen molar-refractivity contribution in [3.8, 4) is 0 Å². The molecule has 0 saturated carbocycles. The van der Waals surface area contributed by atoms with Gasteiger partial charge in [0.25, 0.3) is 0 Å². The molecule has 100 valence electrons. The molecule has 2 rings (SSSR count). The van der Waals surface area contributed by atoms with Crippen LogP contribution in [0.4, 0.5) is 8.78 Å². The summed E-state index contributed by atoms with van der Waals surface area (Å²) in [4.78, 5) is 0. The predicted octanol–water partition coefficient (Wildman–Crippen LogP) is 3.88. The number of nitrogens with one attached hydrogen (secondary N) is 1. The zero-order valence-corrected chi connectivity index (χ0v) is 13.4. The first-order valence-electron chi connectivity index (χ1n) is 5.39. The number of halogens is 4. The summed E-state index contributed by atoms with van der Waals surface area (Å²) < 4.78 is 28.2. The van der Waals surface area contributed by atoms with Crippen molar-refractivity contribution in [3.63, 3.8) is 0 Å². The van der Waals surface area contributed by atoms with Crippen molar-refractivity contribution in [2.24, 2.45) is 5.84 Å². The average molecular weight is 439 g/mol. The van der Waals surface area contributed by atoms with E-state index >= 15 is 0 Å². The van der Waals surface area contributed by atoms with Crippen molar-refractivity contribution in [1.82, 2.24) is 5.43 Å². The van der Waals surface area contributed by atoms with Crippen LogP contribution in [0.2, 0.25) is 0 Å². The molecule has 19 heavy (non-hydrogen) atoms. The normalized spacial score (nSPS) is 12.5. The van der Waals surface area contributed by atoms with Gasteiger partial charge in [0.15, 0.2) is 11.6 Å². The SMILES string of the molecule is NNC(c1ccc(F)c(F)c1)c1cc(I)ccc1Br. The second-order valence-electron chi connectivity index (χ2n) is 3.94. The van der Waals surface area contributed by atoms with E-state index in [-0.39, 0.29) is 0 Å². The fourth-order valence-corrected chi connectivity index (χ4v) is 2.78. The van der Waals surface area contributed by atoms with Gasteiger partial charge >= 0.3 is 0 Å². The summed E-state index contributed by atoms with van der Waals surface area (Å²) in [5, 5.41) is 0. The van der Waals surface area contributed by atoms with Crippen LogP contribution in [-0.4, -0.2) is 0 Å². The summed E-state index contributed by atoms with van der Waals surface area (Å²) >= 11 is 5.62. The Labute approximate surface area is 131 Å². The molecule has 0 spiro atoms. The van der Waals surface area contributed by atoms with Crippen LogP contribution in [0.3, 0.4) is 0 Å². The van der Waals surface area contributed by atoms with Gasteiger partial charge < -0.3 is 0 Å². The van der Waals surface area contributed by atoms with Crippen LogP contribution in [0.5, 0.6) is 0 Å². The molecule has 2 aromatic carbocycles. The summed E-state index contributed by atoms with van der Waals surface area (Å²) in [6, 6.07) is 9.09. The highest BCUT2D eigenvalue weighted by Crippen LogP contribution is 2.30. The lowest BCUT2D eigenvalue weighted by atomic mass is 9.99. The third kappa shape index (κ3) is 3.31. The fourth-order valence-electron chi connectivity index (χ4n) is 1.79. The molecular formula is C13H10BrF2IN2. The standard InChI is InChI=1S/C13H10BrF2IN2/c14-10-3-2-8(17)6-9(10)13(19-18)7-1-4-11(15)12(16)5-7/h1-6,13,19H,18H2. The van der Waals surface area contributed by atoms with Gasteiger partial charge in [-0.15, -0.1) is 0 Å². The molecule has 1 atom stereocenters. The maximum atomic E-state index is 13.3. The second-order valence-corrected chi connectivity index (χ2v) is 6.04. The van der Waals surface area contributed by atoms with E-state index in [2.05, 4.69) is 43.9 Å². The third-order valence-corrected chi connectivity index (χ3v) is 4.11. The highest BCUT2D eigenvalue weighted by atomic mass is 127. The summed E-state index contributed by atoms with van der Waals surface area (Å²) in [6.07, 6.45) is 0. The van der Waals surface area contributed by atoms with E-state index in [0.29, 0.717) is 5.56 Å². The Morgan fingerprint density at radius 2 is 1.84 bits per heavy atom. The van der Waals surface area contributed by atoms with Crippen LogP contribution >= 0.6 is 38.5 Å². The minimum absolute atomic E-state index is 0.417. The number of nitrogens with two attached hydrogens (primary N) is 1. The van der Waals surface area contributed by atoms with E-state index in [0.717, 1.165) is 25.7 Å². The molecule has 2 nitrogen and oxygen atoms in total. The van der Waals surface area contributed by atoms with Crippen LogP contribution in [-0.2, 0) is 0 Å². The van der Waals surface area contributed by atoms with Gasteiger partial charge in [-0.05, 0) is 64.0 Å². The maximum absolute atomic E-state index is 13.3. The predicted molar refractivity (Wildman–Crippen MR) is 82.4 cm³/mol. The van der Waals surface area contributed by atoms with Crippen molar-refractivity contribution < 1.29 is 8.78 Å². The molecule has 6 heteroatoms. The molecular weight excluding hydrogens is 429 g/mol. The van der Waals surface area contributed by atoms with E-state index in [1.54, 1.807) is 0 Å². The van der Waals surface area contributed by atoms with E-state index < -0.39 is 17.7 Å². The largest absolute Gasteiger partial charge is 0.271 e. The zero-order valence-electron chi connectivity index (χ0n) is 9.63. The molecule has 1 unspecified atom stereocenters. The maximum Gasteiger partial charge on any atom is 0.159 e. The zero-order chi connectivity index (χ0) is 14.0. The summed E-state index contributed by atoms with van der Waals surface area (Å²) in [6.45, 7) is 0. The minimum atomic E-state index is -0.889. The van der Waals surface area contributed by atoms with E-state index in [4.69, 9.17) is 5.84 Å². The van der Waals surface area contributed by atoms with Crippen LogP contribution in [0.15, 0.2) is 40.9 Å². The fraction of sp³-hybridized carbons (Fsp3) is 0.0769. The van der Waals surface area contributed by atoms with Gasteiger partial charge in [-0.3, -0.25) is 5.84 Å². The summed E-state index contributed by atoms with van der Waals surface area (Å²) in [7, 11) is 0. The van der Waals surface area contributed by atoms with Gasteiger partial charge in [0.05, 0.1) is 6.04 Å². The molecule has 0 aromatic heterocycles. The Balaban J connectivity index is 2.49. The molecule has 2 aromatic rings. The molecule has 0 aliphatic carbocycles. The Morgan fingerprint density at radius 3 is 2.47 bits per heavy atom. The van der Waals surface area contributed by atoms with E-state index in [9.17, 15) is 8.78 Å². The van der Waals surface area contributed by atoms with Gasteiger partial charge in [0.2, 0.25) is 0 Å². The lowest BCUT2D eigenvalue weighted by molar-refractivity contribution is 0.504. The molecule has 0 amide bonds. The lowest BCUT2D eigenvalue weighted by Gasteiger charge is -2.19. The van der Waals surface area contributed by atoms with Gasteiger partial charge in [-0.25, -0.2) is 14.2 Å². The third-order valence-electron chi connectivity index (χ3n) is 2.71. The first-order valence-corrected chi connectivity index (χ1v) is 7.26. The van der Waals surface area contributed by atoms with Crippen LogP contribution in [0.25, 0.3) is 0 Å². The Bertz CT molecular complexity index is 607. The van der Waals surface area contributed by atoms with Crippen molar-refractivity contribution in [1.29, 1.82) is 0 Å². The van der Waals surface area contributed by atoms with Crippen molar-refractivity contribution in [2.45, 2.75) is 6.04 Å². The Hall–Kier alpha value is -0.570. The van der Waals surface area contributed by atoms with Crippen LogP contribution < -0.4 is 11.3 Å². The van der Waals surface area contributed by atoms with E-state index in [1.165, 1.54) is 6.07 Å². The van der Waals surface area contributed by atoms with Gasteiger partial charge in [0, 0.05) is 8.04 Å². The molecule has 0 fully saturated rings. The van der Waals surface area contributed by atoms with Crippen LogP contribution in [0.1, 0.15) is 17.2 Å². The summed E-state index contributed by atoms with van der Waals surface area (Å²) in [5.41, 5.74) is 4.05. The lowest BCUT2D eigenvalue weighted by Crippen LogP contribution is -2.29. The van der Waals surface area contributed by atoms with Gasteiger partial charge in [-0.1, -0.05) is 22.0 Å². The molecule has 0 radical (unpaired) electrons. The van der Waals surface area contributed by atoms with Crippen molar-refractivity contribution in [3.05, 3.63) is 67.2 Å². The monoisotopic (exact) mass is 438 g/mol. The first-order chi connectivity index (χ1) is 9.02. The smallest absolute Gasteiger partial charge is 0.159 e. The van der Waals surface area contributed by atoms with Gasteiger partial charge in [0.1, 0.15) is 0 Å².